The molecule has 164 valence electrons. The number of nitrogens with zero attached hydrogens (tertiary/aromatic N) is 2. The van der Waals surface area contributed by atoms with Crippen LogP contribution in [0, 0.1) is 11.8 Å². The minimum Gasteiger partial charge on any atom is -0.468 e. The van der Waals surface area contributed by atoms with Crippen LogP contribution in [0.4, 0.5) is 5.69 Å². The average Bonchev–Trinajstić information content (AvgIpc) is 3.28. The number of carbonyl (C=O) groups excluding carboxylic acids is 3. The third kappa shape index (κ3) is 2.93. The summed E-state index contributed by atoms with van der Waals surface area (Å²) < 4.78 is 5.25. The number of piperidine rings is 1. The number of methoxy groups -OCH3 is 1. The van der Waals surface area contributed by atoms with Crippen LogP contribution in [0.5, 0.6) is 0 Å². The van der Waals surface area contributed by atoms with Gasteiger partial charge in [0.1, 0.15) is 5.54 Å². The van der Waals surface area contributed by atoms with E-state index in [1.807, 2.05) is 48.6 Å². The Kier molecular flexibility index (Phi) is 5.18. The zero-order chi connectivity index (χ0) is 22.3. The Bertz CT molecular complexity index is 1070. The van der Waals surface area contributed by atoms with Gasteiger partial charge in [0.25, 0.3) is 0 Å². The lowest BCUT2D eigenvalue weighted by atomic mass is 9.75. The molecule has 0 aliphatic carbocycles. The number of rotatable bonds is 4. The summed E-state index contributed by atoms with van der Waals surface area (Å²) in [5, 5.41) is 0. The summed E-state index contributed by atoms with van der Waals surface area (Å²) in [6.45, 7) is 0.651. The van der Waals surface area contributed by atoms with Crippen molar-refractivity contribution in [1.82, 2.24) is 4.90 Å². The van der Waals surface area contributed by atoms with Gasteiger partial charge in [0.15, 0.2) is 0 Å². The van der Waals surface area contributed by atoms with E-state index in [1.54, 1.807) is 24.3 Å². The molecule has 3 fully saturated rings. The topological polar surface area (TPSA) is 66.9 Å². The molecule has 2 aromatic carbocycles. The summed E-state index contributed by atoms with van der Waals surface area (Å²) in [7, 11) is 1.36. The van der Waals surface area contributed by atoms with Gasteiger partial charge in [-0.2, -0.15) is 0 Å². The van der Waals surface area contributed by atoms with E-state index in [0.29, 0.717) is 18.7 Å². The standard InChI is InChI=1S/C26H26N2O4/c1-32-25(31)26-16-8-9-17-27(26)20(15-14-18-10-4-2-5-11-18)21-22(26)24(30)28(23(21)29)19-12-6-3-7-13-19/h2-7,10-15,20-22H,8-9,16-17H2,1H3/b15-14+/t20-,21-,22+,26+/m0/s1. The van der Waals surface area contributed by atoms with Crippen LogP contribution in [-0.2, 0) is 19.1 Å². The highest BCUT2D eigenvalue weighted by atomic mass is 16.5. The largest absolute Gasteiger partial charge is 0.468 e. The first-order chi connectivity index (χ1) is 15.6. The van der Waals surface area contributed by atoms with Gasteiger partial charge in [-0.05, 0) is 43.5 Å². The maximum atomic E-state index is 13.7. The number of hydrogen-bond donors (Lipinski definition) is 0. The molecule has 5 rings (SSSR count). The van der Waals surface area contributed by atoms with Crippen molar-refractivity contribution in [2.75, 3.05) is 18.6 Å². The number of imide groups is 1. The molecule has 0 aromatic heterocycles. The number of ether oxygens (including phenoxy) is 1. The fraction of sp³-hybridized carbons (Fsp3) is 0.346. The highest BCUT2D eigenvalue weighted by Gasteiger charge is 2.72. The van der Waals surface area contributed by atoms with Gasteiger partial charge in [-0.1, -0.05) is 60.7 Å². The fourth-order valence-corrected chi connectivity index (χ4v) is 5.85. The van der Waals surface area contributed by atoms with Crippen LogP contribution in [0.25, 0.3) is 6.08 Å². The van der Waals surface area contributed by atoms with E-state index in [2.05, 4.69) is 4.90 Å². The number of hydrogen-bond acceptors (Lipinski definition) is 5. The zero-order valence-corrected chi connectivity index (χ0v) is 18.0. The summed E-state index contributed by atoms with van der Waals surface area (Å²) >= 11 is 0. The summed E-state index contributed by atoms with van der Waals surface area (Å²) in [5.41, 5.74) is 0.443. The zero-order valence-electron chi connectivity index (χ0n) is 18.0. The monoisotopic (exact) mass is 430 g/mol. The maximum Gasteiger partial charge on any atom is 0.327 e. The van der Waals surface area contributed by atoms with E-state index in [0.717, 1.165) is 18.4 Å². The molecule has 0 unspecified atom stereocenters. The number of esters is 1. The van der Waals surface area contributed by atoms with Gasteiger partial charge in [0.2, 0.25) is 11.8 Å². The highest BCUT2D eigenvalue weighted by Crippen LogP contribution is 2.54. The minimum absolute atomic E-state index is 0.244. The normalized spacial score (nSPS) is 29.9. The molecular weight excluding hydrogens is 404 g/mol. The van der Waals surface area contributed by atoms with E-state index in [4.69, 9.17) is 4.74 Å². The molecule has 0 radical (unpaired) electrons. The van der Waals surface area contributed by atoms with Crippen LogP contribution < -0.4 is 4.90 Å². The smallest absolute Gasteiger partial charge is 0.327 e. The molecule has 0 saturated carbocycles. The number of carbonyl (C=O) groups is 3. The molecule has 0 spiro atoms. The molecule has 3 aliphatic rings. The summed E-state index contributed by atoms with van der Waals surface area (Å²) in [4.78, 5) is 44.0. The Morgan fingerprint density at radius 1 is 1.00 bits per heavy atom. The van der Waals surface area contributed by atoms with Crippen molar-refractivity contribution < 1.29 is 19.1 Å². The lowest BCUT2D eigenvalue weighted by Crippen LogP contribution is -2.61. The van der Waals surface area contributed by atoms with Crippen molar-refractivity contribution in [3.8, 4) is 0 Å². The third-order valence-corrected chi connectivity index (χ3v) is 7.15. The first-order valence-electron chi connectivity index (χ1n) is 11.1. The van der Waals surface area contributed by atoms with E-state index in [-0.39, 0.29) is 17.9 Å². The van der Waals surface area contributed by atoms with Gasteiger partial charge in [0, 0.05) is 6.04 Å². The van der Waals surface area contributed by atoms with Crippen LogP contribution in [0.2, 0.25) is 0 Å². The molecule has 4 atom stereocenters. The second-order valence-corrected chi connectivity index (χ2v) is 8.68. The molecule has 6 nitrogen and oxygen atoms in total. The molecule has 3 aliphatic heterocycles. The predicted octanol–water partition coefficient (Wildman–Crippen LogP) is 3.29. The molecule has 3 heterocycles. The fourth-order valence-electron chi connectivity index (χ4n) is 5.85. The van der Waals surface area contributed by atoms with Crippen molar-refractivity contribution in [2.24, 2.45) is 11.8 Å². The second kappa shape index (κ2) is 8.02. The molecule has 32 heavy (non-hydrogen) atoms. The lowest BCUT2D eigenvalue weighted by molar-refractivity contribution is -0.161. The molecule has 0 bridgehead atoms. The molecule has 2 amide bonds. The van der Waals surface area contributed by atoms with E-state index in [9.17, 15) is 14.4 Å². The average molecular weight is 431 g/mol. The van der Waals surface area contributed by atoms with Gasteiger partial charge in [-0.3, -0.25) is 19.3 Å². The van der Waals surface area contributed by atoms with Gasteiger partial charge in [-0.25, -0.2) is 4.90 Å². The molecule has 6 heteroatoms. The van der Waals surface area contributed by atoms with Crippen LogP contribution in [0.15, 0.2) is 66.7 Å². The SMILES string of the molecule is COC(=O)[C@]12CCCCN1[C@@H](/C=C/c1ccccc1)[C@@H]1C(=O)N(c3ccccc3)C(=O)[C@@H]12. The Morgan fingerprint density at radius 2 is 1.69 bits per heavy atom. The Labute approximate surface area is 187 Å². The van der Waals surface area contributed by atoms with Gasteiger partial charge >= 0.3 is 5.97 Å². The molecule has 0 N–H and O–H groups in total. The van der Waals surface area contributed by atoms with Crippen LogP contribution in [0.1, 0.15) is 24.8 Å². The van der Waals surface area contributed by atoms with Crippen molar-refractivity contribution in [3.63, 3.8) is 0 Å². The summed E-state index contributed by atoms with van der Waals surface area (Å²) in [5.74, 6) is -2.35. The van der Waals surface area contributed by atoms with Gasteiger partial charge in [-0.15, -0.1) is 0 Å². The van der Waals surface area contributed by atoms with Crippen molar-refractivity contribution in [2.45, 2.75) is 30.8 Å². The maximum absolute atomic E-state index is 13.7. The number of anilines is 1. The number of amides is 2. The Balaban J connectivity index is 1.63. The van der Waals surface area contributed by atoms with E-state index in [1.165, 1.54) is 12.0 Å². The highest BCUT2D eigenvalue weighted by molar-refractivity contribution is 6.24. The quantitative estimate of drug-likeness (QED) is 0.550. The first-order valence-corrected chi connectivity index (χ1v) is 11.1. The van der Waals surface area contributed by atoms with Crippen molar-refractivity contribution in [1.29, 1.82) is 0 Å². The first kappa shape index (κ1) is 20.6. The summed E-state index contributed by atoms with van der Waals surface area (Å²) in [6.07, 6.45) is 6.21. The Hall–Kier alpha value is -3.25. The van der Waals surface area contributed by atoms with Crippen LogP contribution >= 0.6 is 0 Å². The van der Waals surface area contributed by atoms with E-state index >= 15 is 0 Å². The lowest BCUT2D eigenvalue weighted by Gasteiger charge is -2.44. The van der Waals surface area contributed by atoms with Crippen LogP contribution in [0.3, 0.4) is 0 Å². The van der Waals surface area contributed by atoms with Gasteiger partial charge in [0.05, 0.1) is 24.6 Å². The van der Waals surface area contributed by atoms with Crippen molar-refractivity contribution >= 4 is 29.5 Å². The number of fused-ring (bicyclic) bond motifs is 3. The minimum atomic E-state index is -1.11. The third-order valence-electron chi connectivity index (χ3n) is 7.15. The second-order valence-electron chi connectivity index (χ2n) is 8.68. The Morgan fingerprint density at radius 3 is 2.38 bits per heavy atom. The number of benzene rings is 2. The molecule has 2 aromatic rings. The van der Waals surface area contributed by atoms with Crippen molar-refractivity contribution in [3.05, 3.63) is 72.3 Å². The molecule has 3 saturated heterocycles. The number of para-hydroxylation sites is 1. The van der Waals surface area contributed by atoms with Gasteiger partial charge < -0.3 is 4.74 Å². The van der Waals surface area contributed by atoms with E-state index < -0.39 is 23.3 Å². The van der Waals surface area contributed by atoms with Crippen LogP contribution in [-0.4, -0.2) is 47.9 Å². The predicted molar refractivity (Wildman–Crippen MR) is 120 cm³/mol. The molecular formula is C26H26N2O4. The summed E-state index contributed by atoms with van der Waals surface area (Å²) in [6, 6.07) is 18.5.